The molecule has 0 atom stereocenters. The number of carbonyl (C=O) groups is 1. The Labute approximate surface area is 156 Å². The molecule has 1 N–H and O–H groups in total. The summed E-state index contributed by atoms with van der Waals surface area (Å²) in [7, 11) is 3.14. The van der Waals surface area contributed by atoms with E-state index in [4.69, 9.17) is 9.47 Å². The first-order valence-electron chi connectivity index (χ1n) is 7.10. The van der Waals surface area contributed by atoms with Crippen molar-refractivity contribution in [2.75, 3.05) is 20.8 Å². The van der Waals surface area contributed by atoms with E-state index in [2.05, 4.69) is 37.2 Å². The number of carbonyl (C=O) groups excluding carboxylic acids is 1. The van der Waals surface area contributed by atoms with Gasteiger partial charge in [0.25, 0.3) is 5.91 Å². The molecular weight excluding hydrogens is 445 g/mol. The summed E-state index contributed by atoms with van der Waals surface area (Å²) in [5.41, 5.74) is 1.23. The maximum absolute atomic E-state index is 13.3. The summed E-state index contributed by atoms with van der Waals surface area (Å²) in [5.74, 6) is 0.458. The molecule has 0 heterocycles. The van der Waals surface area contributed by atoms with E-state index < -0.39 is 5.82 Å². The largest absolute Gasteiger partial charge is 0.493 e. The van der Waals surface area contributed by atoms with Gasteiger partial charge in [-0.25, -0.2) is 4.39 Å². The maximum atomic E-state index is 13.3. The Bertz CT molecular complexity index is 753. The fraction of sp³-hybridized carbons (Fsp3) is 0.235. The highest BCUT2D eigenvalue weighted by Gasteiger charge is 2.12. The van der Waals surface area contributed by atoms with E-state index in [1.807, 2.05) is 12.1 Å². The third kappa shape index (κ3) is 4.48. The zero-order valence-electron chi connectivity index (χ0n) is 13.2. The number of hydrogen-bond donors (Lipinski definition) is 1. The molecule has 0 aliphatic rings. The zero-order valence-corrected chi connectivity index (χ0v) is 16.3. The number of rotatable bonds is 6. The van der Waals surface area contributed by atoms with Gasteiger partial charge in [0.1, 0.15) is 5.82 Å². The van der Waals surface area contributed by atoms with Crippen LogP contribution in [0.5, 0.6) is 11.5 Å². The summed E-state index contributed by atoms with van der Waals surface area (Å²) in [4.78, 5) is 12.2. The SMILES string of the molecule is COc1cc(Br)c(CCNC(=O)c2cc(F)ccc2Br)cc1OC. The fourth-order valence-electron chi connectivity index (χ4n) is 2.17. The quantitative estimate of drug-likeness (QED) is 0.697. The first kappa shape index (κ1) is 18.7. The molecule has 0 fully saturated rings. The van der Waals surface area contributed by atoms with Crippen molar-refractivity contribution in [1.82, 2.24) is 5.32 Å². The Kier molecular flexibility index (Phi) is 6.62. The van der Waals surface area contributed by atoms with Crippen LogP contribution in [-0.4, -0.2) is 26.7 Å². The lowest BCUT2D eigenvalue weighted by molar-refractivity contribution is 0.0953. The first-order chi connectivity index (χ1) is 11.5. The Morgan fingerprint density at radius 3 is 2.42 bits per heavy atom. The number of benzene rings is 2. The van der Waals surface area contributed by atoms with Gasteiger partial charge < -0.3 is 14.8 Å². The molecular formula is C17H16Br2FNO3. The molecule has 24 heavy (non-hydrogen) atoms. The molecule has 0 unspecified atom stereocenters. The van der Waals surface area contributed by atoms with E-state index in [9.17, 15) is 9.18 Å². The Balaban J connectivity index is 2.04. The number of hydrogen-bond acceptors (Lipinski definition) is 3. The van der Waals surface area contributed by atoms with Gasteiger partial charge in [-0.2, -0.15) is 0 Å². The van der Waals surface area contributed by atoms with Crippen molar-refractivity contribution in [3.8, 4) is 11.5 Å². The van der Waals surface area contributed by atoms with Gasteiger partial charge in [-0.15, -0.1) is 0 Å². The third-order valence-electron chi connectivity index (χ3n) is 3.41. The predicted octanol–water partition coefficient (Wildman–Crippen LogP) is 4.34. The minimum absolute atomic E-state index is 0.265. The van der Waals surface area contributed by atoms with Crippen LogP contribution in [0.25, 0.3) is 0 Å². The van der Waals surface area contributed by atoms with E-state index in [1.54, 1.807) is 14.2 Å². The molecule has 128 valence electrons. The minimum Gasteiger partial charge on any atom is -0.493 e. The van der Waals surface area contributed by atoms with Gasteiger partial charge >= 0.3 is 0 Å². The molecule has 1 amide bonds. The summed E-state index contributed by atoms with van der Waals surface area (Å²) in [6.45, 7) is 0.399. The summed E-state index contributed by atoms with van der Waals surface area (Å²) in [6.07, 6.45) is 0.583. The van der Waals surface area contributed by atoms with E-state index in [-0.39, 0.29) is 11.5 Å². The highest BCUT2D eigenvalue weighted by atomic mass is 79.9. The number of methoxy groups -OCH3 is 2. The van der Waals surface area contributed by atoms with Crippen molar-refractivity contribution in [3.05, 3.63) is 56.2 Å². The van der Waals surface area contributed by atoms with Crippen molar-refractivity contribution in [3.63, 3.8) is 0 Å². The minimum atomic E-state index is -0.453. The molecule has 2 rings (SSSR count). The fourth-order valence-corrected chi connectivity index (χ4v) is 3.11. The molecule has 2 aromatic carbocycles. The molecule has 0 radical (unpaired) electrons. The van der Waals surface area contributed by atoms with Crippen molar-refractivity contribution >= 4 is 37.8 Å². The highest BCUT2D eigenvalue weighted by molar-refractivity contribution is 9.10. The zero-order chi connectivity index (χ0) is 17.7. The summed E-state index contributed by atoms with van der Waals surface area (Å²) in [6, 6.07) is 7.68. The van der Waals surface area contributed by atoms with Gasteiger partial charge in [-0.1, -0.05) is 15.9 Å². The van der Waals surface area contributed by atoms with Gasteiger partial charge in [-0.05, 0) is 58.2 Å². The highest BCUT2D eigenvalue weighted by Crippen LogP contribution is 2.33. The molecule has 0 saturated heterocycles. The Morgan fingerprint density at radius 2 is 1.75 bits per heavy atom. The van der Waals surface area contributed by atoms with Gasteiger partial charge in [-0.3, -0.25) is 4.79 Å². The predicted molar refractivity (Wildman–Crippen MR) is 97.4 cm³/mol. The average Bonchev–Trinajstić information content (AvgIpc) is 2.57. The van der Waals surface area contributed by atoms with Crippen molar-refractivity contribution in [2.24, 2.45) is 0 Å². The third-order valence-corrected chi connectivity index (χ3v) is 4.84. The first-order valence-corrected chi connectivity index (χ1v) is 8.68. The van der Waals surface area contributed by atoms with E-state index in [0.29, 0.717) is 28.9 Å². The second kappa shape index (κ2) is 8.48. The molecule has 7 heteroatoms. The van der Waals surface area contributed by atoms with Gasteiger partial charge in [0.05, 0.1) is 19.8 Å². The Hall–Kier alpha value is -1.60. The Morgan fingerprint density at radius 1 is 1.08 bits per heavy atom. The molecule has 4 nitrogen and oxygen atoms in total. The van der Waals surface area contributed by atoms with Crippen molar-refractivity contribution in [1.29, 1.82) is 0 Å². The molecule has 0 aromatic heterocycles. The van der Waals surface area contributed by atoms with Gasteiger partial charge in [0, 0.05) is 15.5 Å². The average molecular weight is 461 g/mol. The van der Waals surface area contributed by atoms with Crippen LogP contribution in [0.3, 0.4) is 0 Å². The van der Waals surface area contributed by atoms with Crippen LogP contribution < -0.4 is 14.8 Å². The molecule has 0 bridgehead atoms. The monoisotopic (exact) mass is 459 g/mol. The van der Waals surface area contributed by atoms with Crippen LogP contribution in [0.1, 0.15) is 15.9 Å². The molecule has 0 aliphatic heterocycles. The van der Waals surface area contributed by atoms with Crippen LogP contribution in [0.4, 0.5) is 4.39 Å². The molecule has 0 saturated carbocycles. The smallest absolute Gasteiger partial charge is 0.252 e. The lowest BCUT2D eigenvalue weighted by atomic mass is 10.1. The van der Waals surface area contributed by atoms with E-state index >= 15 is 0 Å². The summed E-state index contributed by atoms with van der Waals surface area (Å²) in [5, 5.41) is 2.78. The topological polar surface area (TPSA) is 47.6 Å². The van der Waals surface area contributed by atoms with Crippen LogP contribution in [0.15, 0.2) is 39.3 Å². The molecule has 0 aliphatic carbocycles. The summed E-state index contributed by atoms with van der Waals surface area (Å²) < 4.78 is 25.2. The second-order valence-corrected chi connectivity index (χ2v) is 6.64. The number of amides is 1. The summed E-state index contributed by atoms with van der Waals surface area (Å²) >= 11 is 6.73. The molecule has 2 aromatic rings. The number of nitrogens with one attached hydrogen (secondary N) is 1. The number of ether oxygens (including phenoxy) is 2. The standard InChI is InChI=1S/C17H16Br2FNO3/c1-23-15-7-10(14(19)9-16(15)24-2)5-6-21-17(22)12-8-11(20)3-4-13(12)18/h3-4,7-9H,5-6H2,1-2H3,(H,21,22). The van der Waals surface area contributed by atoms with Crippen molar-refractivity contribution in [2.45, 2.75) is 6.42 Å². The van der Waals surface area contributed by atoms with Crippen molar-refractivity contribution < 1.29 is 18.7 Å². The maximum Gasteiger partial charge on any atom is 0.252 e. The lowest BCUT2D eigenvalue weighted by Crippen LogP contribution is -2.26. The number of halogens is 3. The second-order valence-electron chi connectivity index (χ2n) is 4.93. The van der Waals surface area contributed by atoms with Crippen LogP contribution in [0.2, 0.25) is 0 Å². The van der Waals surface area contributed by atoms with Crippen LogP contribution in [-0.2, 0) is 6.42 Å². The van der Waals surface area contributed by atoms with Gasteiger partial charge in [0.2, 0.25) is 0 Å². The van der Waals surface area contributed by atoms with Crippen LogP contribution >= 0.6 is 31.9 Å². The van der Waals surface area contributed by atoms with E-state index in [0.717, 1.165) is 10.0 Å². The van der Waals surface area contributed by atoms with Gasteiger partial charge in [0.15, 0.2) is 11.5 Å². The van der Waals surface area contributed by atoms with Crippen LogP contribution in [0, 0.1) is 5.82 Å². The normalized spacial score (nSPS) is 10.4. The van der Waals surface area contributed by atoms with E-state index in [1.165, 1.54) is 18.2 Å². The lowest BCUT2D eigenvalue weighted by Gasteiger charge is -2.12. The molecule has 0 spiro atoms.